The van der Waals surface area contributed by atoms with Crippen LogP contribution in [-0.4, -0.2) is 42.5 Å². The number of carbonyl (C=O) groups excluding carboxylic acids is 2. The Morgan fingerprint density at radius 1 is 1.19 bits per heavy atom. The molecular weight excluding hydrogens is 332 g/mol. The molecule has 1 aliphatic heterocycles. The van der Waals surface area contributed by atoms with Gasteiger partial charge in [-0.05, 0) is 32.4 Å². The predicted octanol–water partition coefficient (Wildman–Crippen LogP) is 2.61. The van der Waals surface area contributed by atoms with Crippen LogP contribution in [-0.2, 0) is 9.53 Å². The van der Waals surface area contributed by atoms with Crippen molar-refractivity contribution in [3.8, 4) is 0 Å². The van der Waals surface area contributed by atoms with Gasteiger partial charge in [-0.25, -0.2) is 0 Å². The number of carbonyl (C=O) groups is 2. The third kappa shape index (κ3) is 4.14. The van der Waals surface area contributed by atoms with Crippen molar-refractivity contribution < 1.29 is 18.7 Å². The summed E-state index contributed by atoms with van der Waals surface area (Å²) in [5.41, 5.74) is 1.51. The average Bonchev–Trinajstić information content (AvgIpc) is 2.98. The lowest BCUT2D eigenvalue weighted by molar-refractivity contribution is -0.143. The molecule has 26 heavy (non-hydrogen) atoms. The lowest BCUT2D eigenvalue weighted by atomic mass is 10.1. The van der Waals surface area contributed by atoms with E-state index in [-0.39, 0.29) is 30.6 Å². The molecule has 1 aliphatic rings. The Bertz CT molecular complexity index is 784. The predicted molar refractivity (Wildman–Crippen MR) is 96.8 cm³/mol. The van der Waals surface area contributed by atoms with Gasteiger partial charge >= 0.3 is 0 Å². The van der Waals surface area contributed by atoms with Gasteiger partial charge in [0, 0.05) is 6.54 Å². The molecule has 0 radical (unpaired) electrons. The van der Waals surface area contributed by atoms with Crippen molar-refractivity contribution in [2.45, 2.75) is 33.0 Å². The van der Waals surface area contributed by atoms with Crippen molar-refractivity contribution in [1.29, 1.82) is 0 Å². The van der Waals surface area contributed by atoms with E-state index in [4.69, 9.17) is 9.15 Å². The minimum Gasteiger partial charge on any atom is -0.466 e. The lowest BCUT2D eigenvalue weighted by Crippen LogP contribution is -2.49. The third-order valence-electron chi connectivity index (χ3n) is 4.47. The molecule has 1 fully saturated rings. The van der Waals surface area contributed by atoms with E-state index in [2.05, 4.69) is 5.32 Å². The highest BCUT2D eigenvalue weighted by molar-refractivity contribution is 5.97. The summed E-state index contributed by atoms with van der Waals surface area (Å²) in [4.78, 5) is 26.6. The molecular formula is C20H24N2O4. The zero-order valence-electron chi connectivity index (χ0n) is 15.3. The van der Waals surface area contributed by atoms with E-state index < -0.39 is 0 Å². The Labute approximate surface area is 153 Å². The molecule has 6 nitrogen and oxygen atoms in total. The number of amides is 2. The van der Waals surface area contributed by atoms with Gasteiger partial charge in [-0.2, -0.15) is 0 Å². The second-order valence-corrected chi connectivity index (χ2v) is 6.65. The monoisotopic (exact) mass is 356 g/mol. The van der Waals surface area contributed by atoms with Crippen LogP contribution in [0.3, 0.4) is 0 Å². The first-order chi connectivity index (χ1) is 12.4. The minimum absolute atomic E-state index is 0.0449. The number of furan rings is 1. The molecule has 0 spiro atoms. The largest absolute Gasteiger partial charge is 0.466 e. The molecule has 138 valence electrons. The third-order valence-corrected chi connectivity index (χ3v) is 4.47. The Balaban J connectivity index is 1.60. The number of aryl methyl sites for hydroxylation is 2. The molecule has 2 amide bonds. The molecule has 2 atom stereocenters. The van der Waals surface area contributed by atoms with Crippen molar-refractivity contribution in [1.82, 2.24) is 10.2 Å². The normalized spacial score (nSPS) is 20.0. The molecule has 1 saturated heterocycles. The van der Waals surface area contributed by atoms with Crippen molar-refractivity contribution in [3.63, 3.8) is 0 Å². The van der Waals surface area contributed by atoms with Gasteiger partial charge in [0.15, 0.2) is 0 Å². The molecule has 1 N–H and O–H groups in total. The zero-order chi connectivity index (χ0) is 18.7. The maximum absolute atomic E-state index is 12.6. The van der Waals surface area contributed by atoms with Gasteiger partial charge in [-0.15, -0.1) is 0 Å². The fraction of sp³-hybridized carbons (Fsp3) is 0.400. The number of rotatable bonds is 4. The summed E-state index contributed by atoms with van der Waals surface area (Å²) in [6.45, 7) is 6.42. The molecule has 2 heterocycles. The number of hydrogen-bond acceptors (Lipinski definition) is 4. The van der Waals surface area contributed by atoms with Crippen LogP contribution in [0.2, 0.25) is 0 Å². The van der Waals surface area contributed by atoms with E-state index in [0.717, 1.165) is 5.56 Å². The van der Waals surface area contributed by atoms with Crippen LogP contribution in [0.15, 0.2) is 40.8 Å². The Hall–Kier alpha value is -2.60. The fourth-order valence-corrected chi connectivity index (χ4v) is 3.23. The molecule has 1 aromatic carbocycles. The zero-order valence-corrected chi connectivity index (χ0v) is 15.3. The minimum atomic E-state index is -0.298. The standard InChI is InChI=1S/C20H24N2O4/c1-13-9-17(15(3)25-13)20(24)21-10-19(23)22-11-14(2)26-18(12-22)16-7-5-4-6-8-16/h4-9,14,18H,10-12H2,1-3H3,(H,21,24)/t14-,18+/m1/s1. The number of morpholine rings is 1. The van der Waals surface area contributed by atoms with Crippen LogP contribution in [0.25, 0.3) is 0 Å². The molecule has 6 heteroatoms. The number of benzene rings is 1. The van der Waals surface area contributed by atoms with E-state index in [9.17, 15) is 9.59 Å². The first-order valence-corrected chi connectivity index (χ1v) is 8.77. The Morgan fingerprint density at radius 3 is 2.58 bits per heavy atom. The van der Waals surface area contributed by atoms with Crippen molar-refractivity contribution >= 4 is 11.8 Å². The van der Waals surface area contributed by atoms with E-state index in [1.54, 1.807) is 24.8 Å². The molecule has 3 rings (SSSR count). The second-order valence-electron chi connectivity index (χ2n) is 6.65. The smallest absolute Gasteiger partial charge is 0.255 e. The number of nitrogens with one attached hydrogen (secondary N) is 1. The van der Waals surface area contributed by atoms with Gasteiger partial charge in [0.1, 0.15) is 17.6 Å². The molecule has 1 aromatic heterocycles. The van der Waals surface area contributed by atoms with E-state index in [1.165, 1.54) is 0 Å². The van der Waals surface area contributed by atoms with E-state index in [0.29, 0.717) is 30.2 Å². The summed E-state index contributed by atoms with van der Waals surface area (Å²) in [5, 5.41) is 2.69. The fourth-order valence-electron chi connectivity index (χ4n) is 3.23. The first-order valence-electron chi connectivity index (χ1n) is 8.77. The van der Waals surface area contributed by atoms with Crippen LogP contribution in [0, 0.1) is 13.8 Å². The quantitative estimate of drug-likeness (QED) is 0.914. The van der Waals surface area contributed by atoms with Gasteiger partial charge in [-0.1, -0.05) is 30.3 Å². The molecule has 0 bridgehead atoms. The van der Waals surface area contributed by atoms with Crippen molar-refractivity contribution in [3.05, 3.63) is 59.0 Å². The van der Waals surface area contributed by atoms with Gasteiger partial charge < -0.3 is 19.4 Å². The lowest BCUT2D eigenvalue weighted by Gasteiger charge is -2.37. The summed E-state index contributed by atoms with van der Waals surface area (Å²) in [7, 11) is 0. The topological polar surface area (TPSA) is 71.8 Å². The van der Waals surface area contributed by atoms with E-state index in [1.807, 2.05) is 37.3 Å². The molecule has 2 aromatic rings. The second kappa shape index (κ2) is 7.74. The van der Waals surface area contributed by atoms with Crippen molar-refractivity contribution in [2.24, 2.45) is 0 Å². The SMILES string of the molecule is Cc1cc(C(=O)NCC(=O)N2C[C@@H](C)O[C@H](c3ccccc3)C2)c(C)o1. The number of nitrogens with zero attached hydrogens (tertiary/aromatic N) is 1. The van der Waals surface area contributed by atoms with Crippen LogP contribution in [0.5, 0.6) is 0 Å². The Kier molecular flexibility index (Phi) is 5.42. The average molecular weight is 356 g/mol. The molecule has 0 saturated carbocycles. The van der Waals surface area contributed by atoms with Gasteiger partial charge in [0.25, 0.3) is 5.91 Å². The number of ether oxygens (including phenoxy) is 1. The summed E-state index contributed by atoms with van der Waals surface area (Å²) < 4.78 is 11.3. The van der Waals surface area contributed by atoms with Gasteiger partial charge in [-0.3, -0.25) is 9.59 Å². The highest BCUT2D eigenvalue weighted by Crippen LogP contribution is 2.25. The van der Waals surface area contributed by atoms with Crippen LogP contribution < -0.4 is 5.32 Å². The summed E-state index contributed by atoms with van der Waals surface area (Å²) in [6, 6.07) is 11.5. The maximum Gasteiger partial charge on any atom is 0.255 e. The highest BCUT2D eigenvalue weighted by Gasteiger charge is 2.29. The summed E-state index contributed by atoms with van der Waals surface area (Å²) in [5.74, 6) is 0.809. The van der Waals surface area contributed by atoms with Crippen LogP contribution in [0.1, 0.15) is 40.5 Å². The molecule has 0 unspecified atom stereocenters. The van der Waals surface area contributed by atoms with Gasteiger partial charge in [0.05, 0.1) is 24.8 Å². The van der Waals surface area contributed by atoms with E-state index >= 15 is 0 Å². The number of hydrogen-bond donors (Lipinski definition) is 1. The highest BCUT2D eigenvalue weighted by atomic mass is 16.5. The Morgan fingerprint density at radius 2 is 1.92 bits per heavy atom. The maximum atomic E-state index is 12.6. The van der Waals surface area contributed by atoms with Crippen LogP contribution >= 0.6 is 0 Å². The van der Waals surface area contributed by atoms with Gasteiger partial charge in [0.2, 0.25) is 5.91 Å². The summed E-state index contributed by atoms with van der Waals surface area (Å²) in [6.07, 6.45) is -0.217. The molecule has 0 aliphatic carbocycles. The van der Waals surface area contributed by atoms with Crippen molar-refractivity contribution in [2.75, 3.05) is 19.6 Å². The summed E-state index contributed by atoms with van der Waals surface area (Å²) >= 11 is 0. The first kappa shape index (κ1) is 18.2. The van der Waals surface area contributed by atoms with Crippen LogP contribution in [0.4, 0.5) is 0 Å².